The van der Waals surface area contributed by atoms with Crippen molar-refractivity contribution in [3.63, 3.8) is 0 Å². The van der Waals surface area contributed by atoms with E-state index >= 15 is 0 Å². The molecule has 0 atom stereocenters. The Balaban J connectivity index is 1.78. The SMILES string of the molecule is COCCn1c(CN(C)Cc2cccs2)cnc1S(=O)(=O)CC1CC1. The van der Waals surface area contributed by atoms with E-state index in [1.807, 2.05) is 17.7 Å². The van der Waals surface area contributed by atoms with Crippen LogP contribution in [0.3, 0.4) is 0 Å². The maximum Gasteiger partial charge on any atom is 0.227 e. The van der Waals surface area contributed by atoms with Crippen molar-refractivity contribution in [3.05, 3.63) is 34.3 Å². The summed E-state index contributed by atoms with van der Waals surface area (Å²) in [6, 6.07) is 4.15. The number of sulfone groups is 1. The Morgan fingerprint density at radius 2 is 2.20 bits per heavy atom. The van der Waals surface area contributed by atoms with Gasteiger partial charge in [0.25, 0.3) is 0 Å². The molecular weight excluding hydrogens is 358 g/mol. The molecule has 1 fully saturated rings. The highest BCUT2D eigenvalue weighted by atomic mass is 32.2. The standard InChI is InChI=1S/C17H25N3O3S2/c1-19(12-16-4-3-9-24-16)11-15-10-18-17(20(15)7-8-23-2)25(21,22)13-14-5-6-14/h3-4,9-10,14H,5-8,11-13H2,1-2H3. The molecule has 1 aliphatic rings. The minimum atomic E-state index is -3.34. The van der Waals surface area contributed by atoms with Crippen molar-refractivity contribution in [2.45, 2.75) is 37.6 Å². The van der Waals surface area contributed by atoms with E-state index in [0.717, 1.165) is 25.1 Å². The number of imidazole rings is 1. The van der Waals surface area contributed by atoms with Crippen molar-refractivity contribution in [2.24, 2.45) is 5.92 Å². The number of aromatic nitrogens is 2. The van der Waals surface area contributed by atoms with Gasteiger partial charge in [0.2, 0.25) is 15.0 Å². The topological polar surface area (TPSA) is 64.4 Å². The van der Waals surface area contributed by atoms with Crippen LogP contribution >= 0.6 is 11.3 Å². The predicted molar refractivity (Wildman–Crippen MR) is 98.4 cm³/mol. The molecule has 2 aromatic heterocycles. The monoisotopic (exact) mass is 383 g/mol. The average molecular weight is 384 g/mol. The van der Waals surface area contributed by atoms with Crippen LogP contribution in [0.15, 0.2) is 28.9 Å². The molecule has 8 heteroatoms. The van der Waals surface area contributed by atoms with Gasteiger partial charge in [-0.15, -0.1) is 11.3 Å². The second-order valence-electron chi connectivity index (χ2n) is 6.65. The zero-order chi connectivity index (χ0) is 17.9. The molecule has 0 unspecified atom stereocenters. The van der Waals surface area contributed by atoms with Crippen molar-refractivity contribution < 1.29 is 13.2 Å². The molecule has 2 aromatic rings. The van der Waals surface area contributed by atoms with Crippen LogP contribution < -0.4 is 0 Å². The maximum atomic E-state index is 12.7. The maximum absolute atomic E-state index is 12.7. The summed E-state index contributed by atoms with van der Waals surface area (Å²) in [5, 5.41) is 2.25. The largest absolute Gasteiger partial charge is 0.383 e. The molecule has 0 amide bonds. The Hall–Kier alpha value is -1.22. The number of rotatable bonds is 10. The first-order valence-corrected chi connectivity index (χ1v) is 11.0. The van der Waals surface area contributed by atoms with Gasteiger partial charge in [-0.05, 0) is 37.3 Å². The van der Waals surface area contributed by atoms with Crippen LogP contribution in [0.5, 0.6) is 0 Å². The van der Waals surface area contributed by atoms with Crippen LogP contribution in [0, 0.1) is 5.92 Å². The van der Waals surface area contributed by atoms with Gasteiger partial charge in [-0.1, -0.05) is 6.07 Å². The Labute approximate surface area is 153 Å². The van der Waals surface area contributed by atoms with Crippen molar-refractivity contribution in [1.29, 1.82) is 0 Å². The Bertz CT molecular complexity index is 780. The summed E-state index contributed by atoms with van der Waals surface area (Å²) in [7, 11) is 0.313. The summed E-state index contributed by atoms with van der Waals surface area (Å²) >= 11 is 1.72. The average Bonchev–Trinajstić information content (AvgIpc) is 3.05. The van der Waals surface area contributed by atoms with Gasteiger partial charge in [0, 0.05) is 31.6 Å². The number of thiophene rings is 1. The molecule has 3 rings (SSSR count). The van der Waals surface area contributed by atoms with Crippen molar-refractivity contribution in [1.82, 2.24) is 14.5 Å². The Kier molecular flexibility index (Phi) is 5.93. The Morgan fingerprint density at radius 3 is 2.84 bits per heavy atom. The lowest BCUT2D eigenvalue weighted by molar-refractivity contribution is 0.182. The third kappa shape index (κ3) is 4.91. The molecule has 0 spiro atoms. The lowest BCUT2D eigenvalue weighted by Crippen LogP contribution is -2.22. The van der Waals surface area contributed by atoms with E-state index in [4.69, 9.17) is 4.74 Å². The van der Waals surface area contributed by atoms with Crippen LogP contribution in [0.25, 0.3) is 0 Å². The van der Waals surface area contributed by atoms with Gasteiger partial charge < -0.3 is 9.30 Å². The van der Waals surface area contributed by atoms with Crippen molar-refractivity contribution in [2.75, 3.05) is 26.5 Å². The van der Waals surface area contributed by atoms with E-state index in [9.17, 15) is 8.42 Å². The van der Waals surface area contributed by atoms with Gasteiger partial charge >= 0.3 is 0 Å². The van der Waals surface area contributed by atoms with E-state index in [1.54, 1.807) is 24.6 Å². The van der Waals surface area contributed by atoms with E-state index in [1.165, 1.54) is 4.88 Å². The smallest absolute Gasteiger partial charge is 0.227 e. The highest BCUT2D eigenvalue weighted by molar-refractivity contribution is 7.91. The molecule has 0 radical (unpaired) electrons. The van der Waals surface area contributed by atoms with Gasteiger partial charge in [-0.25, -0.2) is 13.4 Å². The third-order valence-corrected chi connectivity index (χ3v) is 6.94. The second kappa shape index (κ2) is 7.99. The van der Waals surface area contributed by atoms with Crippen LogP contribution in [0.1, 0.15) is 23.4 Å². The number of ether oxygens (including phenoxy) is 1. The molecule has 0 aromatic carbocycles. The normalized spacial score (nSPS) is 15.2. The highest BCUT2D eigenvalue weighted by Gasteiger charge is 2.32. The zero-order valence-corrected chi connectivity index (χ0v) is 16.4. The van der Waals surface area contributed by atoms with E-state index in [2.05, 4.69) is 21.3 Å². The first kappa shape index (κ1) is 18.6. The quantitative estimate of drug-likeness (QED) is 0.630. The van der Waals surface area contributed by atoms with Gasteiger partial charge in [-0.3, -0.25) is 4.90 Å². The van der Waals surface area contributed by atoms with E-state index < -0.39 is 9.84 Å². The molecular formula is C17H25N3O3S2. The summed E-state index contributed by atoms with van der Waals surface area (Å²) in [6.07, 6.45) is 3.71. The fourth-order valence-electron chi connectivity index (χ4n) is 2.86. The third-order valence-electron chi connectivity index (χ3n) is 4.29. The number of hydrogen-bond acceptors (Lipinski definition) is 6. The second-order valence-corrected chi connectivity index (χ2v) is 9.61. The van der Waals surface area contributed by atoms with Gasteiger partial charge in [0.05, 0.1) is 24.3 Å². The summed E-state index contributed by atoms with van der Waals surface area (Å²) in [6.45, 7) is 2.44. The fourth-order valence-corrected chi connectivity index (χ4v) is 5.50. The number of nitrogens with zero attached hydrogens (tertiary/aromatic N) is 3. The first-order chi connectivity index (χ1) is 12.0. The first-order valence-electron chi connectivity index (χ1n) is 8.46. The molecule has 0 saturated heterocycles. The zero-order valence-electron chi connectivity index (χ0n) is 14.7. The molecule has 2 heterocycles. The summed E-state index contributed by atoms with van der Waals surface area (Å²) in [5.74, 6) is 0.518. The lowest BCUT2D eigenvalue weighted by Gasteiger charge is -2.18. The molecule has 25 heavy (non-hydrogen) atoms. The summed E-state index contributed by atoms with van der Waals surface area (Å²) in [4.78, 5) is 7.72. The van der Waals surface area contributed by atoms with Crippen LogP contribution in [-0.4, -0.2) is 49.4 Å². The van der Waals surface area contributed by atoms with Crippen LogP contribution in [0.4, 0.5) is 0 Å². The van der Waals surface area contributed by atoms with Gasteiger partial charge in [0.1, 0.15) is 0 Å². The van der Waals surface area contributed by atoms with Crippen LogP contribution in [-0.2, 0) is 34.2 Å². The summed E-state index contributed by atoms with van der Waals surface area (Å²) < 4.78 is 32.3. The summed E-state index contributed by atoms with van der Waals surface area (Å²) in [5.41, 5.74) is 0.908. The fraction of sp³-hybridized carbons (Fsp3) is 0.588. The molecule has 0 aliphatic heterocycles. The molecule has 6 nitrogen and oxygen atoms in total. The molecule has 1 saturated carbocycles. The van der Waals surface area contributed by atoms with E-state index in [0.29, 0.717) is 25.6 Å². The number of methoxy groups -OCH3 is 1. The predicted octanol–water partition coefficient (Wildman–Crippen LogP) is 2.41. The minimum absolute atomic E-state index is 0.191. The van der Waals surface area contributed by atoms with Gasteiger partial charge in [0.15, 0.2) is 0 Å². The van der Waals surface area contributed by atoms with Crippen molar-refractivity contribution >= 4 is 21.2 Å². The minimum Gasteiger partial charge on any atom is -0.383 e. The van der Waals surface area contributed by atoms with E-state index in [-0.39, 0.29) is 10.9 Å². The molecule has 138 valence electrons. The van der Waals surface area contributed by atoms with Crippen molar-refractivity contribution in [3.8, 4) is 0 Å². The Morgan fingerprint density at radius 1 is 1.40 bits per heavy atom. The van der Waals surface area contributed by atoms with Crippen LogP contribution in [0.2, 0.25) is 0 Å². The van der Waals surface area contributed by atoms with Gasteiger partial charge in [-0.2, -0.15) is 0 Å². The highest BCUT2D eigenvalue weighted by Crippen LogP contribution is 2.32. The molecule has 1 aliphatic carbocycles. The number of hydrogen-bond donors (Lipinski definition) is 0. The molecule has 0 bridgehead atoms. The lowest BCUT2D eigenvalue weighted by atomic mass is 10.3. The molecule has 0 N–H and O–H groups in total.